The molecule has 0 spiro atoms. The fourth-order valence-electron chi connectivity index (χ4n) is 2.31. The molecule has 0 saturated carbocycles. The molecule has 0 fully saturated rings. The number of hydrogen-bond acceptors (Lipinski definition) is 3. The van der Waals surface area contributed by atoms with Crippen molar-refractivity contribution in [3.05, 3.63) is 65.7 Å². The Hall–Kier alpha value is -2.82. The van der Waals surface area contributed by atoms with Crippen LogP contribution >= 0.6 is 0 Å². The number of hydrogen-bond donors (Lipinski definition) is 3. The molecule has 2 rings (SSSR count). The summed E-state index contributed by atoms with van der Waals surface area (Å²) in [6.45, 7) is 5.66. The van der Waals surface area contributed by atoms with Crippen LogP contribution in [0, 0.1) is 12.8 Å². The van der Waals surface area contributed by atoms with Crippen molar-refractivity contribution >= 4 is 17.5 Å². The van der Waals surface area contributed by atoms with Crippen LogP contribution in [0.5, 0.6) is 0 Å². The number of benzene rings is 2. The summed E-state index contributed by atoms with van der Waals surface area (Å²) in [7, 11) is 0. The number of rotatable bonds is 6. The normalized spacial score (nSPS) is 11.7. The van der Waals surface area contributed by atoms with Gasteiger partial charge in [-0.2, -0.15) is 0 Å². The van der Waals surface area contributed by atoms with Gasteiger partial charge in [0.25, 0.3) is 11.8 Å². The molecule has 1 atom stereocenters. The first-order chi connectivity index (χ1) is 11.5. The Morgan fingerprint density at radius 2 is 1.54 bits per heavy atom. The van der Waals surface area contributed by atoms with Gasteiger partial charge in [-0.25, -0.2) is 0 Å². The van der Waals surface area contributed by atoms with E-state index in [1.807, 2.05) is 69.3 Å². The molecule has 0 aromatic heterocycles. The molecule has 126 valence electrons. The number of hydrazine groups is 1. The molecule has 0 heterocycles. The number of carbonyl (C=O) groups is 2. The molecular weight excluding hydrogens is 302 g/mol. The Morgan fingerprint density at radius 3 is 2.17 bits per heavy atom. The maximum Gasteiger partial charge on any atom is 0.261 e. The molecule has 1 unspecified atom stereocenters. The van der Waals surface area contributed by atoms with Gasteiger partial charge in [0.2, 0.25) is 0 Å². The number of para-hydroxylation sites is 1. The molecule has 0 aliphatic rings. The average Bonchev–Trinajstić information content (AvgIpc) is 2.58. The van der Waals surface area contributed by atoms with Crippen LogP contribution in [0.3, 0.4) is 0 Å². The monoisotopic (exact) mass is 325 g/mol. The van der Waals surface area contributed by atoms with Crippen LogP contribution in [0.4, 0.5) is 5.69 Å². The molecule has 5 heteroatoms. The summed E-state index contributed by atoms with van der Waals surface area (Å²) in [5.41, 5.74) is 7.73. The first-order valence-corrected chi connectivity index (χ1v) is 7.96. The van der Waals surface area contributed by atoms with E-state index in [1.54, 1.807) is 6.07 Å². The molecule has 3 N–H and O–H groups in total. The summed E-state index contributed by atoms with van der Waals surface area (Å²) < 4.78 is 0. The first kappa shape index (κ1) is 17.5. The quantitative estimate of drug-likeness (QED) is 0.715. The maximum absolute atomic E-state index is 12.4. The van der Waals surface area contributed by atoms with Crippen LogP contribution in [-0.2, 0) is 4.79 Å². The van der Waals surface area contributed by atoms with Crippen molar-refractivity contribution in [1.82, 2.24) is 10.7 Å². The SMILES string of the molecule is Cc1ccccc1C(=O)NC(C(=O)NNc1ccccc1)C(C)C. The first-order valence-electron chi connectivity index (χ1n) is 7.96. The van der Waals surface area contributed by atoms with E-state index < -0.39 is 6.04 Å². The molecule has 0 aliphatic heterocycles. The predicted molar refractivity (Wildman–Crippen MR) is 95.5 cm³/mol. The molecule has 0 saturated heterocycles. The van der Waals surface area contributed by atoms with Crippen molar-refractivity contribution in [2.24, 2.45) is 5.92 Å². The van der Waals surface area contributed by atoms with Gasteiger partial charge < -0.3 is 5.32 Å². The fraction of sp³-hybridized carbons (Fsp3) is 0.263. The van der Waals surface area contributed by atoms with Crippen LogP contribution < -0.4 is 16.2 Å². The van der Waals surface area contributed by atoms with E-state index in [-0.39, 0.29) is 17.7 Å². The summed E-state index contributed by atoms with van der Waals surface area (Å²) in [6.07, 6.45) is 0. The third-order valence-electron chi connectivity index (χ3n) is 3.73. The Labute approximate surface area is 142 Å². The number of anilines is 1. The van der Waals surface area contributed by atoms with Crippen molar-refractivity contribution in [2.45, 2.75) is 26.8 Å². The number of aryl methyl sites for hydroxylation is 1. The largest absolute Gasteiger partial charge is 0.340 e. The average molecular weight is 325 g/mol. The minimum absolute atomic E-state index is 0.0458. The lowest BCUT2D eigenvalue weighted by Crippen LogP contribution is -2.51. The molecule has 0 bridgehead atoms. The minimum atomic E-state index is -0.631. The van der Waals surface area contributed by atoms with Crippen LogP contribution in [-0.4, -0.2) is 17.9 Å². The molecule has 5 nitrogen and oxygen atoms in total. The maximum atomic E-state index is 12.4. The summed E-state index contributed by atoms with van der Waals surface area (Å²) in [5.74, 6) is -0.576. The molecule has 0 radical (unpaired) electrons. The van der Waals surface area contributed by atoms with Gasteiger partial charge in [-0.15, -0.1) is 0 Å². The molecule has 2 amide bonds. The van der Waals surface area contributed by atoms with Gasteiger partial charge in [0.15, 0.2) is 0 Å². The van der Waals surface area contributed by atoms with E-state index in [1.165, 1.54) is 0 Å². The van der Waals surface area contributed by atoms with E-state index in [0.717, 1.165) is 11.3 Å². The summed E-state index contributed by atoms with van der Waals surface area (Å²) in [4.78, 5) is 24.9. The minimum Gasteiger partial charge on any atom is -0.340 e. The highest BCUT2D eigenvalue weighted by Gasteiger charge is 2.25. The van der Waals surface area contributed by atoms with E-state index in [9.17, 15) is 9.59 Å². The van der Waals surface area contributed by atoms with Crippen molar-refractivity contribution < 1.29 is 9.59 Å². The van der Waals surface area contributed by atoms with Crippen LogP contribution in [0.25, 0.3) is 0 Å². The third-order valence-corrected chi connectivity index (χ3v) is 3.73. The van der Waals surface area contributed by atoms with Crippen LogP contribution in [0.2, 0.25) is 0 Å². The number of nitrogens with one attached hydrogen (secondary N) is 3. The second kappa shape index (κ2) is 8.15. The summed E-state index contributed by atoms with van der Waals surface area (Å²) in [5, 5.41) is 2.82. The lowest BCUT2D eigenvalue weighted by molar-refractivity contribution is -0.123. The van der Waals surface area contributed by atoms with E-state index in [0.29, 0.717) is 5.56 Å². The van der Waals surface area contributed by atoms with Gasteiger partial charge in [0.1, 0.15) is 6.04 Å². The van der Waals surface area contributed by atoms with E-state index in [2.05, 4.69) is 16.2 Å². The molecular formula is C19H23N3O2. The Bertz CT molecular complexity index is 699. The highest BCUT2D eigenvalue weighted by atomic mass is 16.2. The second-order valence-corrected chi connectivity index (χ2v) is 5.99. The van der Waals surface area contributed by atoms with Gasteiger partial charge in [-0.3, -0.25) is 20.4 Å². The standard InChI is InChI=1S/C19H23N3O2/c1-13(2)17(19(24)22-21-15-10-5-4-6-11-15)20-18(23)16-12-8-7-9-14(16)3/h4-13,17,21H,1-3H3,(H,20,23)(H,22,24). The van der Waals surface area contributed by atoms with Gasteiger partial charge in [-0.05, 0) is 36.6 Å². The predicted octanol–water partition coefficient (Wildman–Crippen LogP) is 2.89. The third kappa shape index (κ3) is 4.59. The van der Waals surface area contributed by atoms with Gasteiger partial charge >= 0.3 is 0 Å². The van der Waals surface area contributed by atoms with Gasteiger partial charge in [-0.1, -0.05) is 50.2 Å². The Kier molecular flexibility index (Phi) is 5.95. The molecule has 24 heavy (non-hydrogen) atoms. The zero-order valence-corrected chi connectivity index (χ0v) is 14.2. The van der Waals surface area contributed by atoms with Crippen molar-refractivity contribution in [2.75, 3.05) is 5.43 Å². The second-order valence-electron chi connectivity index (χ2n) is 5.99. The zero-order chi connectivity index (χ0) is 17.5. The van der Waals surface area contributed by atoms with E-state index in [4.69, 9.17) is 0 Å². The topological polar surface area (TPSA) is 70.2 Å². The molecule has 0 aliphatic carbocycles. The number of amides is 2. The lowest BCUT2D eigenvalue weighted by atomic mass is 10.0. The smallest absolute Gasteiger partial charge is 0.261 e. The summed E-state index contributed by atoms with van der Waals surface area (Å²) >= 11 is 0. The molecule has 2 aromatic carbocycles. The Morgan fingerprint density at radius 1 is 0.917 bits per heavy atom. The van der Waals surface area contributed by atoms with Crippen molar-refractivity contribution in [1.29, 1.82) is 0 Å². The highest BCUT2D eigenvalue weighted by Crippen LogP contribution is 2.10. The van der Waals surface area contributed by atoms with E-state index >= 15 is 0 Å². The van der Waals surface area contributed by atoms with Crippen molar-refractivity contribution in [3.8, 4) is 0 Å². The Balaban J connectivity index is 2.02. The summed E-state index contributed by atoms with van der Waals surface area (Å²) in [6, 6.07) is 16.0. The molecule has 2 aromatic rings. The zero-order valence-electron chi connectivity index (χ0n) is 14.2. The van der Waals surface area contributed by atoms with Crippen LogP contribution in [0.15, 0.2) is 54.6 Å². The highest BCUT2D eigenvalue weighted by molar-refractivity contribution is 5.98. The van der Waals surface area contributed by atoms with Crippen molar-refractivity contribution in [3.63, 3.8) is 0 Å². The van der Waals surface area contributed by atoms with Crippen LogP contribution in [0.1, 0.15) is 29.8 Å². The van der Waals surface area contributed by atoms with Gasteiger partial charge in [0, 0.05) is 5.56 Å². The fourth-order valence-corrected chi connectivity index (χ4v) is 2.31. The van der Waals surface area contributed by atoms with Gasteiger partial charge in [0.05, 0.1) is 5.69 Å². The number of carbonyl (C=O) groups excluding carboxylic acids is 2. The lowest BCUT2D eigenvalue weighted by Gasteiger charge is -2.22.